The van der Waals surface area contributed by atoms with Crippen molar-refractivity contribution in [1.82, 2.24) is 9.80 Å². The second kappa shape index (κ2) is 6.14. The first-order valence-corrected chi connectivity index (χ1v) is 9.60. The van der Waals surface area contributed by atoms with Crippen molar-refractivity contribution in [3.63, 3.8) is 0 Å². The van der Waals surface area contributed by atoms with Crippen LogP contribution in [0.5, 0.6) is 0 Å². The van der Waals surface area contributed by atoms with E-state index >= 15 is 0 Å². The molecule has 3 aliphatic rings. The van der Waals surface area contributed by atoms with Crippen LogP contribution in [0.15, 0.2) is 48.5 Å². The van der Waals surface area contributed by atoms with E-state index in [2.05, 4.69) is 0 Å². The van der Waals surface area contributed by atoms with Crippen molar-refractivity contribution < 1.29 is 18.7 Å². The van der Waals surface area contributed by atoms with E-state index in [4.69, 9.17) is 4.74 Å². The van der Waals surface area contributed by atoms with Crippen LogP contribution < -0.4 is 0 Å². The molecule has 0 aliphatic carbocycles. The molecule has 3 heterocycles. The molecule has 2 aromatic carbocycles. The minimum Gasteiger partial charge on any atom is -0.343 e. The number of likely N-dealkylation sites (tertiary alicyclic amines) is 1. The molecule has 0 aromatic heterocycles. The maximum Gasteiger partial charge on any atom is 0.254 e. The van der Waals surface area contributed by atoms with E-state index in [0.717, 1.165) is 5.56 Å². The van der Waals surface area contributed by atoms with E-state index in [0.29, 0.717) is 30.6 Å². The van der Waals surface area contributed by atoms with E-state index < -0.39 is 5.72 Å². The van der Waals surface area contributed by atoms with E-state index in [1.165, 1.54) is 12.1 Å². The highest BCUT2D eigenvalue weighted by atomic mass is 19.1. The summed E-state index contributed by atoms with van der Waals surface area (Å²) in [6.45, 7) is 2.67. The molecule has 0 unspecified atom stereocenters. The van der Waals surface area contributed by atoms with Crippen LogP contribution in [-0.2, 0) is 9.53 Å². The summed E-state index contributed by atoms with van der Waals surface area (Å²) in [7, 11) is 0. The zero-order valence-corrected chi connectivity index (χ0v) is 15.6. The number of amides is 2. The fourth-order valence-corrected chi connectivity index (χ4v) is 4.85. The smallest absolute Gasteiger partial charge is 0.254 e. The van der Waals surface area contributed by atoms with Gasteiger partial charge in [0.2, 0.25) is 5.91 Å². The van der Waals surface area contributed by atoms with Gasteiger partial charge in [0.1, 0.15) is 11.9 Å². The highest BCUT2D eigenvalue weighted by Gasteiger charge is 2.65. The largest absolute Gasteiger partial charge is 0.343 e. The van der Waals surface area contributed by atoms with Crippen LogP contribution >= 0.6 is 0 Å². The molecule has 28 heavy (non-hydrogen) atoms. The molecule has 0 radical (unpaired) electrons. The third kappa shape index (κ3) is 2.41. The first kappa shape index (κ1) is 17.4. The Bertz CT molecular complexity index is 964. The number of aryl methyl sites for hydroxylation is 1. The van der Waals surface area contributed by atoms with Gasteiger partial charge in [0.05, 0.1) is 19.0 Å². The molecule has 3 aliphatic heterocycles. The van der Waals surface area contributed by atoms with Gasteiger partial charge in [0.15, 0.2) is 5.72 Å². The fraction of sp³-hybridized carbons (Fsp3) is 0.364. The third-order valence-corrected chi connectivity index (χ3v) is 6.27. The Kier molecular flexibility index (Phi) is 3.81. The third-order valence-electron chi connectivity index (χ3n) is 6.27. The topological polar surface area (TPSA) is 49.9 Å². The Morgan fingerprint density at radius 2 is 2.00 bits per heavy atom. The number of carbonyl (C=O) groups excluding carboxylic acids is 2. The molecular weight excluding hydrogens is 359 g/mol. The molecule has 5 rings (SSSR count). The molecule has 1 spiro atoms. The first-order chi connectivity index (χ1) is 13.5. The molecule has 6 heteroatoms. The summed E-state index contributed by atoms with van der Waals surface area (Å²) in [4.78, 5) is 29.4. The molecule has 0 bridgehead atoms. The SMILES string of the molecule is Cc1cc(C(=O)N2CC[C@@]34O[C@@H](c5ccccc5)CN3C(=O)C[C@@H]24)ccc1F. The van der Waals surface area contributed by atoms with E-state index in [1.54, 1.807) is 17.9 Å². The fourth-order valence-electron chi connectivity index (χ4n) is 4.85. The van der Waals surface area contributed by atoms with Gasteiger partial charge in [0.25, 0.3) is 5.91 Å². The van der Waals surface area contributed by atoms with Gasteiger partial charge in [-0.2, -0.15) is 0 Å². The number of hydrogen-bond acceptors (Lipinski definition) is 3. The lowest BCUT2D eigenvalue weighted by Gasteiger charge is -2.32. The van der Waals surface area contributed by atoms with Gasteiger partial charge in [-0.25, -0.2) is 4.39 Å². The summed E-state index contributed by atoms with van der Waals surface area (Å²) >= 11 is 0. The minimum absolute atomic E-state index is 0.0243. The predicted molar refractivity (Wildman–Crippen MR) is 99.9 cm³/mol. The molecule has 3 saturated heterocycles. The number of halogens is 1. The van der Waals surface area contributed by atoms with Gasteiger partial charge in [-0.15, -0.1) is 0 Å². The van der Waals surface area contributed by atoms with E-state index in [-0.39, 0.29) is 36.2 Å². The molecule has 0 N–H and O–H groups in total. The van der Waals surface area contributed by atoms with Crippen LogP contribution in [0.1, 0.15) is 40.4 Å². The van der Waals surface area contributed by atoms with E-state index in [1.807, 2.05) is 35.2 Å². The summed E-state index contributed by atoms with van der Waals surface area (Å²) in [5, 5.41) is 0. The summed E-state index contributed by atoms with van der Waals surface area (Å²) in [5.74, 6) is -0.482. The average molecular weight is 380 g/mol. The van der Waals surface area contributed by atoms with Crippen molar-refractivity contribution in [2.75, 3.05) is 13.1 Å². The number of hydrogen-bond donors (Lipinski definition) is 0. The molecule has 2 amide bonds. The second-order valence-electron chi connectivity index (χ2n) is 7.80. The molecule has 144 valence electrons. The zero-order valence-electron chi connectivity index (χ0n) is 15.6. The van der Waals surface area contributed by atoms with Crippen molar-refractivity contribution in [1.29, 1.82) is 0 Å². The Morgan fingerprint density at radius 1 is 1.21 bits per heavy atom. The maximum absolute atomic E-state index is 13.6. The standard InChI is InChI=1S/C22H21FN2O3/c1-14-11-16(7-8-17(14)23)21(27)24-10-9-22-19(24)12-20(26)25(22)13-18(28-22)15-5-3-2-4-6-15/h2-8,11,18-19H,9-10,12-13H2,1H3/t18-,19-,22+/m1/s1. The first-order valence-electron chi connectivity index (χ1n) is 9.60. The van der Waals surface area contributed by atoms with Gasteiger partial charge >= 0.3 is 0 Å². The van der Waals surface area contributed by atoms with Crippen molar-refractivity contribution in [3.05, 3.63) is 71.0 Å². The molecule has 5 nitrogen and oxygen atoms in total. The maximum atomic E-state index is 13.6. The summed E-state index contributed by atoms with van der Waals surface area (Å²) < 4.78 is 20.1. The second-order valence-corrected chi connectivity index (χ2v) is 7.80. The Balaban J connectivity index is 1.44. The van der Waals surface area contributed by atoms with Crippen LogP contribution in [0.2, 0.25) is 0 Å². The van der Waals surface area contributed by atoms with Gasteiger partial charge in [0, 0.05) is 18.5 Å². The van der Waals surface area contributed by atoms with E-state index in [9.17, 15) is 14.0 Å². The Hall–Kier alpha value is -2.73. The number of nitrogens with zero attached hydrogens (tertiary/aromatic N) is 2. The van der Waals surface area contributed by atoms with Gasteiger partial charge in [-0.3, -0.25) is 9.59 Å². The Labute approximate surface area is 162 Å². The molecule has 0 saturated carbocycles. The molecule has 3 fully saturated rings. The lowest BCUT2D eigenvalue weighted by molar-refractivity contribution is -0.138. The Morgan fingerprint density at radius 3 is 2.75 bits per heavy atom. The lowest BCUT2D eigenvalue weighted by atomic mass is 10.0. The van der Waals surface area contributed by atoms with Crippen molar-refractivity contribution in [2.45, 2.75) is 37.6 Å². The van der Waals surface area contributed by atoms with Crippen molar-refractivity contribution in [2.24, 2.45) is 0 Å². The summed E-state index contributed by atoms with van der Waals surface area (Å²) in [6, 6.07) is 14.0. The van der Waals surface area contributed by atoms with Gasteiger partial charge in [-0.05, 0) is 36.2 Å². The van der Waals surface area contributed by atoms with Crippen LogP contribution in [0.3, 0.4) is 0 Å². The van der Waals surface area contributed by atoms with Gasteiger partial charge < -0.3 is 14.5 Å². The van der Waals surface area contributed by atoms with Crippen LogP contribution in [0.4, 0.5) is 4.39 Å². The average Bonchev–Trinajstić information content (AvgIpc) is 3.33. The number of carbonyl (C=O) groups is 2. The summed E-state index contributed by atoms with van der Waals surface area (Å²) in [5.41, 5.74) is 1.17. The number of ether oxygens (including phenoxy) is 1. The highest BCUT2D eigenvalue weighted by Crippen LogP contribution is 2.50. The van der Waals surface area contributed by atoms with Crippen molar-refractivity contribution in [3.8, 4) is 0 Å². The minimum atomic E-state index is -0.748. The van der Waals surface area contributed by atoms with Crippen LogP contribution in [-0.4, -0.2) is 46.5 Å². The quantitative estimate of drug-likeness (QED) is 0.805. The van der Waals surface area contributed by atoms with Crippen LogP contribution in [0, 0.1) is 12.7 Å². The monoisotopic (exact) mass is 380 g/mol. The molecule has 2 aromatic rings. The van der Waals surface area contributed by atoms with Gasteiger partial charge in [-0.1, -0.05) is 30.3 Å². The normalized spacial score (nSPS) is 28.6. The molecular formula is C22H21FN2O3. The lowest BCUT2D eigenvalue weighted by Crippen LogP contribution is -2.48. The van der Waals surface area contributed by atoms with Crippen LogP contribution in [0.25, 0.3) is 0 Å². The number of benzene rings is 2. The van der Waals surface area contributed by atoms with Crippen molar-refractivity contribution >= 4 is 11.8 Å². The molecule has 3 atom stereocenters. The highest BCUT2D eigenvalue weighted by molar-refractivity contribution is 5.96. The predicted octanol–water partition coefficient (Wildman–Crippen LogP) is 3.05. The summed E-state index contributed by atoms with van der Waals surface area (Å²) in [6.07, 6.45) is 0.683. The zero-order chi connectivity index (χ0) is 19.5. The number of rotatable bonds is 2.